The van der Waals surface area contributed by atoms with Crippen LogP contribution < -0.4 is 4.90 Å². The number of fused-ring (bicyclic) bond motifs is 1. The van der Waals surface area contributed by atoms with E-state index >= 15 is 0 Å². The van der Waals surface area contributed by atoms with E-state index in [-0.39, 0.29) is 0 Å². The number of rotatable bonds is 1. The van der Waals surface area contributed by atoms with Crippen molar-refractivity contribution in [3.8, 4) is 0 Å². The van der Waals surface area contributed by atoms with Crippen LogP contribution in [-0.2, 0) is 6.42 Å². The second-order valence-electron chi connectivity index (χ2n) is 5.40. The molecule has 1 aliphatic heterocycles. The van der Waals surface area contributed by atoms with Crippen molar-refractivity contribution in [1.29, 1.82) is 0 Å². The Labute approximate surface area is 114 Å². The van der Waals surface area contributed by atoms with Gasteiger partial charge in [0.15, 0.2) is 0 Å². The lowest BCUT2D eigenvalue weighted by molar-refractivity contribution is 0.710. The molecule has 0 bridgehead atoms. The van der Waals surface area contributed by atoms with Crippen molar-refractivity contribution in [3.63, 3.8) is 0 Å². The van der Waals surface area contributed by atoms with Crippen molar-refractivity contribution in [1.82, 2.24) is 0 Å². The zero-order chi connectivity index (χ0) is 14.1. The molecule has 0 fully saturated rings. The second-order valence-corrected chi connectivity index (χ2v) is 5.40. The molecular formula is C17H31N. The molecule has 18 heavy (non-hydrogen) atoms. The zero-order valence-electron chi connectivity index (χ0n) is 13.3. The average molecular weight is 249 g/mol. The first kappa shape index (κ1) is 17.0. The summed E-state index contributed by atoms with van der Waals surface area (Å²) in [5, 5.41) is 0. The topological polar surface area (TPSA) is 3.24 Å². The van der Waals surface area contributed by atoms with E-state index in [1.54, 1.807) is 0 Å². The molecule has 1 aliphatic rings. The van der Waals surface area contributed by atoms with E-state index in [2.05, 4.69) is 63.8 Å². The standard InChI is InChI=1S/C11H15N.C4H10.C2H6/c1-9(2)12-8-7-10-5-3-4-6-11(10)12;1-4(2)3;1-2/h3-6,9H,7-8H2,1-2H3;4H,1-3H3;1-2H3. The first-order valence-electron chi connectivity index (χ1n) is 7.37. The van der Waals surface area contributed by atoms with Gasteiger partial charge < -0.3 is 4.90 Å². The maximum absolute atomic E-state index is 2.47. The van der Waals surface area contributed by atoms with Crippen molar-refractivity contribution in [2.75, 3.05) is 11.4 Å². The summed E-state index contributed by atoms with van der Waals surface area (Å²) in [6.07, 6.45) is 1.22. The second kappa shape index (κ2) is 9.02. The SMILES string of the molecule is CC.CC(C)C.CC(C)N1CCc2ccccc21. The molecule has 1 aromatic rings. The summed E-state index contributed by atoms with van der Waals surface area (Å²) in [4.78, 5) is 2.47. The lowest BCUT2D eigenvalue weighted by Crippen LogP contribution is -2.28. The van der Waals surface area contributed by atoms with Crippen LogP contribution in [0.2, 0.25) is 0 Å². The molecule has 1 heterocycles. The summed E-state index contributed by atoms with van der Waals surface area (Å²) in [5.74, 6) is 0.833. The van der Waals surface area contributed by atoms with Crippen LogP contribution in [0, 0.1) is 5.92 Å². The lowest BCUT2D eigenvalue weighted by Gasteiger charge is -2.23. The Bertz CT molecular complexity index is 312. The molecule has 0 amide bonds. The van der Waals surface area contributed by atoms with E-state index in [0.717, 1.165) is 5.92 Å². The van der Waals surface area contributed by atoms with Crippen LogP contribution in [0.25, 0.3) is 0 Å². The van der Waals surface area contributed by atoms with E-state index < -0.39 is 0 Å². The van der Waals surface area contributed by atoms with Crippen molar-refractivity contribution in [2.24, 2.45) is 5.92 Å². The fourth-order valence-electron chi connectivity index (χ4n) is 1.90. The highest BCUT2D eigenvalue weighted by Gasteiger charge is 2.19. The molecule has 0 atom stereocenters. The Morgan fingerprint density at radius 2 is 1.44 bits per heavy atom. The molecule has 0 radical (unpaired) electrons. The van der Waals surface area contributed by atoms with Gasteiger partial charge in [-0.3, -0.25) is 0 Å². The number of hydrogen-bond donors (Lipinski definition) is 0. The van der Waals surface area contributed by atoms with Crippen LogP contribution in [0.3, 0.4) is 0 Å². The fraction of sp³-hybridized carbons (Fsp3) is 0.647. The number of benzene rings is 1. The summed E-state index contributed by atoms with van der Waals surface area (Å²) >= 11 is 0. The van der Waals surface area contributed by atoms with Gasteiger partial charge >= 0.3 is 0 Å². The van der Waals surface area contributed by atoms with Gasteiger partial charge in [-0.2, -0.15) is 0 Å². The Kier molecular flexibility index (Phi) is 8.53. The van der Waals surface area contributed by atoms with E-state index in [0.29, 0.717) is 6.04 Å². The van der Waals surface area contributed by atoms with Crippen molar-refractivity contribution >= 4 is 5.69 Å². The van der Waals surface area contributed by atoms with Crippen LogP contribution >= 0.6 is 0 Å². The molecule has 1 heteroatoms. The largest absolute Gasteiger partial charge is 0.369 e. The van der Waals surface area contributed by atoms with Crippen LogP contribution in [0.4, 0.5) is 5.69 Å². The minimum Gasteiger partial charge on any atom is -0.369 e. The summed E-state index contributed by atoms with van der Waals surface area (Å²) in [7, 11) is 0. The lowest BCUT2D eigenvalue weighted by atomic mass is 10.2. The highest BCUT2D eigenvalue weighted by Crippen LogP contribution is 2.28. The van der Waals surface area contributed by atoms with Crippen molar-refractivity contribution in [2.45, 2.75) is 60.9 Å². The van der Waals surface area contributed by atoms with Crippen LogP contribution in [0.5, 0.6) is 0 Å². The number of anilines is 1. The first-order chi connectivity index (χ1) is 8.52. The van der Waals surface area contributed by atoms with Gasteiger partial charge in [0.05, 0.1) is 0 Å². The molecule has 0 saturated carbocycles. The van der Waals surface area contributed by atoms with Crippen molar-refractivity contribution in [3.05, 3.63) is 29.8 Å². The first-order valence-corrected chi connectivity index (χ1v) is 7.37. The maximum atomic E-state index is 2.47. The molecule has 1 aromatic carbocycles. The fourth-order valence-corrected chi connectivity index (χ4v) is 1.90. The number of nitrogens with zero attached hydrogens (tertiary/aromatic N) is 1. The highest BCUT2D eigenvalue weighted by molar-refractivity contribution is 5.58. The van der Waals surface area contributed by atoms with Crippen LogP contribution in [-0.4, -0.2) is 12.6 Å². The van der Waals surface area contributed by atoms with E-state index in [1.807, 2.05) is 13.8 Å². The molecule has 0 saturated heterocycles. The number of hydrogen-bond acceptors (Lipinski definition) is 1. The predicted octanol–water partition coefficient (Wildman–Crippen LogP) is 5.15. The third kappa shape index (κ3) is 5.57. The minimum atomic E-state index is 0.633. The Morgan fingerprint density at radius 1 is 0.944 bits per heavy atom. The van der Waals surface area contributed by atoms with Gasteiger partial charge in [0.1, 0.15) is 0 Å². The Hall–Kier alpha value is -0.980. The molecule has 0 unspecified atom stereocenters. The van der Waals surface area contributed by atoms with Crippen LogP contribution in [0.1, 0.15) is 54.0 Å². The maximum Gasteiger partial charge on any atom is 0.0401 e. The quantitative estimate of drug-likeness (QED) is 0.665. The Balaban J connectivity index is 0.000000415. The van der Waals surface area contributed by atoms with E-state index in [9.17, 15) is 0 Å². The van der Waals surface area contributed by atoms with Crippen molar-refractivity contribution < 1.29 is 0 Å². The van der Waals surface area contributed by atoms with Gasteiger partial charge in [-0.05, 0) is 37.8 Å². The molecular weight excluding hydrogens is 218 g/mol. The third-order valence-electron chi connectivity index (χ3n) is 2.55. The van der Waals surface area contributed by atoms with E-state index in [4.69, 9.17) is 0 Å². The molecule has 0 aromatic heterocycles. The zero-order valence-corrected chi connectivity index (χ0v) is 13.3. The number of para-hydroxylation sites is 1. The third-order valence-corrected chi connectivity index (χ3v) is 2.55. The minimum absolute atomic E-state index is 0.633. The van der Waals surface area contributed by atoms with E-state index in [1.165, 1.54) is 24.2 Å². The Morgan fingerprint density at radius 3 is 1.94 bits per heavy atom. The van der Waals surface area contributed by atoms with Gasteiger partial charge in [0.25, 0.3) is 0 Å². The summed E-state index contributed by atoms with van der Waals surface area (Å²) in [6.45, 7) is 16.2. The molecule has 0 aliphatic carbocycles. The monoisotopic (exact) mass is 249 g/mol. The highest BCUT2D eigenvalue weighted by atomic mass is 15.2. The predicted molar refractivity (Wildman–Crippen MR) is 84.5 cm³/mol. The summed E-state index contributed by atoms with van der Waals surface area (Å²) in [5.41, 5.74) is 2.94. The van der Waals surface area contributed by atoms with Gasteiger partial charge in [0.2, 0.25) is 0 Å². The molecule has 0 N–H and O–H groups in total. The molecule has 2 rings (SSSR count). The summed E-state index contributed by atoms with van der Waals surface area (Å²) < 4.78 is 0. The van der Waals surface area contributed by atoms with Crippen LogP contribution in [0.15, 0.2) is 24.3 Å². The van der Waals surface area contributed by atoms with Gasteiger partial charge in [0, 0.05) is 18.3 Å². The van der Waals surface area contributed by atoms with Gasteiger partial charge in [-0.25, -0.2) is 0 Å². The molecule has 0 spiro atoms. The molecule has 104 valence electrons. The summed E-state index contributed by atoms with van der Waals surface area (Å²) in [6, 6.07) is 9.34. The van der Waals surface area contributed by atoms with Gasteiger partial charge in [-0.15, -0.1) is 0 Å². The average Bonchev–Trinajstić information content (AvgIpc) is 2.74. The molecule has 1 nitrogen and oxygen atoms in total. The normalized spacial score (nSPS) is 12.6. The smallest absolute Gasteiger partial charge is 0.0401 e. The van der Waals surface area contributed by atoms with Gasteiger partial charge in [-0.1, -0.05) is 52.8 Å².